The van der Waals surface area contributed by atoms with Gasteiger partial charge in [-0.3, -0.25) is 0 Å². The molecule has 14 heavy (non-hydrogen) atoms. The second-order valence-electron chi connectivity index (χ2n) is 3.53. The van der Waals surface area contributed by atoms with Gasteiger partial charge in [0.25, 0.3) is 0 Å². The molecule has 0 heterocycles. The second kappa shape index (κ2) is 6.57. The minimum Gasteiger partial charge on any atom is -0.329 e. The van der Waals surface area contributed by atoms with E-state index in [2.05, 4.69) is 36.5 Å². The third-order valence-electron chi connectivity index (χ3n) is 2.21. The van der Waals surface area contributed by atoms with Gasteiger partial charge >= 0.3 is 0 Å². The van der Waals surface area contributed by atoms with Gasteiger partial charge in [-0.15, -0.1) is 0 Å². The van der Waals surface area contributed by atoms with Crippen molar-refractivity contribution in [1.29, 1.82) is 0 Å². The molecule has 0 fully saturated rings. The molecule has 0 spiro atoms. The lowest BCUT2D eigenvalue weighted by molar-refractivity contribution is 0.694. The highest BCUT2D eigenvalue weighted by Crippen LogP contribution is 2.06. The first-order valence-electron chi connectivity index (χ1n) is 5.35. The summed E-state index contributed by atoms with van der Waals surface area (Å²) in [4.78, 5) is 0. The quantitative estimate of drug-likeness (QED) is 0.673. The van der Waals surface area contributed by atoms with Crippen LogP contribution in [0.2, 0.25) is 0 Å². The van der Waals surface area contributed by atoms with E-state index >= 15 is 0 Å². The summed E-state index contributed by atoms with van der Waals surface area (Å²) in [6, 6.07) is 8.80. The van der Waals surface area contributed by atoms with Crippen LogP contribution in [0.15, 0.2) is 24.3 Å². The molecule has 0 bridgehead atoms. The van der Waals surface area contributed by atoms with Crippen molar-refractivity contribution in [2.75, 3.05) is 13.1 Å². The topological polar surface area (TPSA) is 38.0 Å². The molecule has 0 saturated carbocycles. The zero-order valence-corrected chi connectivity index (χ0v) is 8.92. The number of nitrogens with two attached hydrogens (primary N) is 1. The Bertz CT molecular complexity index is 241. The fourth-order valence-corrected chi connectivity index (χ4v) is 1.45. The van der Waals surface area contributed by atoms with Crippen LogP contribution in [0, 0.1) is 0 Å². The first kappa shape index (κ1) is 11.2. The van der Waals surface area contributed by atoms with Crippen molar-refractivity contribution in [3.05, 3.63) is 35.4 Å². The molecular weight excluding hydrogens is 172 g/mol. The van der Waals surface area contributed by atoms with Crippen LogP contribution in [0.4, 0.5) is 0 Å². The van der Waals surface area contributed by atoms with Gasteiger partial charge in [0.05, 0.1) is 0 Å². The highest BCUT2D eigenvalue weighted by Gasteiger charge is 1.93. The highest BCUT2D eigenvalue weighted by molar-refractivity contribution is 5.22. The number of benzene rings is 1. The van der Waals surface area contributed by atoms with Crippen LogP contribution in [0.25, 0.3) is 0 Å². The maximum Gasteiger partial charge on any atom is 0.0206 e. The molecule has 1 aromatic carbocycles. The van der Waals surface area contributed by atoms with Crippen molar-refractivity contribution < 1.29 is 0 Å². The maximum absolute atomic E-state index is 5.39. The van der Waals surface area contributed by atoms with Crippen molar-refractivity contribution >= 4 is 0 Å². The number of hydrogen-bond donors (Lipinski definition) is 2. The Morgan fingerprint density at radius 1 is 1.14 bits per heavy atom. The van der Waals surface area contributed by atoms with Gasteiger partial charge in [0.2, 0.25) is 0 Å². The SMILES string of the molecule is CCCc1ccc(CNCCN)cc1. The second-order valence-corrected chi connectivity index (χ2v) is 3.53. The van der Waals surface area contributed by atoms with Gasteiger partial charge in [-0.1, -0.05) is 37.6 Å². The van der Waals surface area contributed by atoms with E-state index in [1.807, 2.05) is 0 Å². The fraction of sp³-hybridized carbons (Fsp3) is 0.500. The zero-order chi connectivity index (χ0) is 10.2. The summed E-state index contributed by atoms with van der Waals surface area (Å²) < 4.78 is 0. The molecule has 0 atom stereocenters. The van der Waals surface area contributed by atoms with Gasteiger partial charge in [-0.25, -0.2) is 0 Å². The standard InChI is InChI=1S/C12H20N2/c1-2-3-11-4-6-12(7-5-11)10-14-9-8-13/h4-7,14H,2-3,8-10,13H2,1H3. The van der Waals surface area contributed by atoms with E-state index in [9.17, 15) is 0 Å². The number of hydrogen-bond acceptors (Lipinski definition) is 2. The Kier molecular flexibility index (Phi) is 5.27. The van der Waals surface area contributed by atoms with Crippen LogP contribution in [-0.2, 0) is 13.0 Å². The predicted octanol–water partition coefficient (Wildman–Crippen LogP) is 1.69. The van der Waals surface area contributed by atoms with Crippen molar-refractivity contribution in [2.45, 2.75) is 26.3 Å². The fourth-order valence-electron chi connectivity index (χ4n) is 1.45. The van der Waals surface area contributed by atoms with Gasteiger partial charge < -0.3 is 11.1 Å². The van der Waals surface area contributed by atoms with Gasteiger partial charge in [0, 0.05) is 19.6 Å². The van der Waals surface area contributed by atoms with E-state index in [1.165, 1.54) is 24.0 Å². The molecule has 3 N–H and O–H groups in total. The number of aryl methyl sites for hydroxylation is 1. The minimum atomic E-state index is 0.702. The maximum atomic E-state index is 5.39. The molecule has 0 amide bonds. The molecule has 1 aromatic rings. The van der Waals surface area contributed by atoms with Crippen molar-refractivity contribution in [2.24, 2.45) is 5.73 Å². The third-order valence-corrected chi connectivity index (χ3v) is 2.21. The monoisotopic (exact) mass is 192 g/mol. The molecule has 0 unspecified atom stereocenters. The minimum absolute atomic E-state index is 0.702. The highest BCUT2D eigenvalue weighted by atomic mass is 14.9. The Morgan fingerprint density at radius 2 is 1.79 bits per heavy atom. The summed E-state index contributed by atoms with van der Waals surface area (Å²) >= 11 is 0. The summed E-state index contributed by atoms with van der Waals surface area (Å²) in [7, 11) is 0. The Hall–Kier alpha value is -0.860. The van der Waals surface area contributed by atoms with Gasteiger partial charge in [0.15, 0.2) is 0 Å². The molecule has 0 aliphatic rings. The molecule has 78 valence electrons. The van der Waals surface area contributed by atoms with Crippen molar-refractivity contribution in [3.8, 4) is 0 Å². The molecule has 0 aliphatic heterocycles. The summed E-state index contributed by atoms with van der Waals surface area (Å²) in [5, 5.41) is 3.28. The lowest BCUT2D eigenvalue weighted by atomic mass is 10.1. The molecule has 2 nitrogen and oxygen atoms in total. The summed E-state index contributed by atoms with van der Waals surface area (Å²) in [5.74, 6) is 0. The van der Waals surface area contributed by atoms with Crippen LogP contribution in [-0.4, -0.2) is 13.1 Å². The molecule has 0 aliphatic carbocycles. The Balaban J connectivity index is 2.38. The Labute approximate surface area is 86.5 Å². The van der Waals surface area contributed by atoms with Gasteiger partial charge in [-0.2, -0.15) is 0 Å². The average Bonchev–Trinajstić information content (AvgIpc) is 2.21. The van der Waals surface area contributed by atoms with Crippen molar-refractivity contribution in [3.63, 3.8) is 0 Å². The normalized spacial score (nSPS) is 10.4. The molecule has 0 aromatic heterocycles. The summed E-state index contributed by atoms with van der Waals surface area (Å²) in [6.45, 7) is 4.71. The van der Waals surface area contributed by atoms with E-state index in [0.29, 0.717) is 6.54 Å². The van der Waals surface area contributed by atoms with Gasteiger partial charge in [-0.05, 0) is 17.5 Å². The van der Waals surface area contributed by atoms with Crippen LogP contribution < -0.4 is 11.1 Å². The van der Waals surface area contributed by atoms with Crippen LogP contribution in [0.5, 0.6) is 0 Å². The van der Waals surface area contributed by atoms with Gasteiger partial charge in [0.1, 0.15) is 0 Å². The summed E-state index contributed by atoms with van der Waals surface area (Å²) in [5.41, 5.74) is 8.15. The van der Waals surface area contributed by atoms with Crippen LogP contribution in [0.3, 0.4) is 0 Å². The zero-order valence-electron chi connectivity index (χ0n) is 8.92. The molecule has 0 radical (unpaired) electrons. The predicted molar refractivity (Wildman–Crippen MR) is 61.2 cm³/mol. The van der Waals surface area contributed by atoms with E-state index < -0.39 is 0 Å². The molecule has 0 saturated heterocycles. The average molecular weight is 192 g/mol. The summed E-state index contributed by atoms with van der Waals surface area (Å²) in [6.07, 6.45) is 2.39. The largest absolute Gasteiger partial charge is 0.329 e. The smallest absolute Gasteiger partial charge is 0.0206 e. The van der Waals surface area contributed by atoms with Crippen molar-refractivity contribution in [1.82, 2.24) is 5.32 Å². The third kappa shape index (κ3) is 3.90. The number of rotatable bonds is 6. The first-order chi connectivity index (χ1) is 6.86. The lowest BCUT2D eigenvalue weighted by Crippen LogP contribution is -2.21. The Morgan fingerprint density at radius 3 is 2.36 bits per heavy atom. The molecule has 2 heteroatoms. The van der Waals surface area contributed by atoms with Crippen LogP contribution in [0.1, 0.15) is 24.5 Å². The van der Waals surface area contributed by atoms with E-state index in [4.69, 9.17) is 5.73 Å². The molecular formula is C12H20N2. The lowest BCUT2D eigenvalue weighted by Gasteiger charge is -2.04. The first-order valence-corrected chi connectivity index (χ1v) is 5.35. The number of nitrogens with one attached hydrogen (secondary N) is 1. The molecule has 1 rings (SSSR count). The van der Waals surface area contributed by atoms with Crippen LogP contribution >= 0.6 is 0 Å². The van der Waals surface area contributed by atoms with E-state index in [0.717, 1.165) is 13.1 Å². The van der Waals surface area contributed by atoms with E-state index in [1.54, 1.807) is 0 Å². The van der Waals surface area contributed by atoms with E-state index in [-0.39, 0.29) is 0 Å².